The van der Waals surface area contributed by atoms with E-state index >= 15 is 0 Å². The zero-order valence-corrected chi connectivity index (χ0v) is 8.52. The van der Waals surface area contributed by atoms with Crippen molar-refractivity contribution in [2.24, 2.45) is 0 Å². The predicted molar refractivity (Wildman–Crippen MR) is 51.8 cm³/mol. The molecule has 2 nitrogen and oxygen atoms in total. The molecule has 0 aliphatic heterocycles. The molecule has 80 valence electrons. The van der Waals surface area contributed by atoms with Gasteiger partial charge in [0.05, 0.1) is 5.02 Å². The Balaban J connectivity index is 3.42. The number of halogens is 3. The van der Waals surface area contributed by atoms with Gasteiger partial charge in [-0.2, -0.15) is 0 Å². The second kappa shape index (κ2) is 4.49. The van der Waals surface area contributed by atoms with E-state index in [1.54, 1.807) is 0 Å². The van der Waals surface area contributed by atoms with Crippen LogP contribution in [0.15, 0.2) is 12.1 Å². The average Bonchev–Trinajstić information content (AvgIpc) is 2.16. The van der Waals surface area contributed by atoms with Gasteiger partial charge in [0.15, 0.2) is 12.1 Å². The summed E-state index contributed by atoms with van der Waals surface area (Å²) in [7, 11) is 0. The van der Waals surface area contributed by atoms with Crippen LogP contribution >= 0.6 is 11.6 Å². The number of rotatable bonds is 3. The highest BCUT2D eigenvalue weighted by Crippen LogP contribution is 2.28. The Bertz CT molecular complexity index is 416. The van der Waals surface area contributed by atoms with Crippen molar-refractivity contribution in [2.45, 2.75) is 13.3 Å². The smallest absolute Gasteiger partial charge is 0.264 e. The monoisotopic (exact) mass is 232 g/mol. The van der Waals surface area contributed by atoms with Crippen molar-refractivity contribution in [3.8, 4) is 0 Å². The van der Waals surface area contributed by atoms with Gasteiger partial charge in [-0.3, -0.25) is 9.59 Å². The molecule has 0 saturated carbocycles. The van der Waals surface area contributed by atoms with Gasteiger partial charge in [-0.15, -0.1) is 0 Å². The Labute approximate surface area is 89.8 Å². The van der Waals surface area contributed by atoms with Gasteiger partial charge >= 0.3 is 0 Å². The van der Waals surface area contributed by atoms with Crippen molar-refractivity contribution in [1.29, 1.82) is 0 Å². The van der Waals surface area contributed by atoms with E-state index in [-0.39, 0.29) is 28.2 Å². The second-order valence-electron chi connectivity index (χ2n) is 2.94. The molecule has 0 saturated heterocycles. The summed E-state index contributed by atoms with van der Waals surface area (Å²) in [5, 5.41) is -0.0663. The van der Waals surface area contributed by atoms with Gasteiger partial charge in [-0.1, -0.05) is 11.6 Å². The lowest BCUT2D eigenvalue weighted by molar-refractivity contribution is 0.101. The Morgan fingerprint density at radius 2 is 2.07 bits per heavy atom. The summed E-state index contributed by atoms with van der Waals surface area (Å²) in [6.07, 6.45) is -2.51. The van der Waals surface area contributed by atoms with Crippen molar-refractivity contribution in [1.82, 2.24) is 0 Å². The summed E-state index contributed by atoms with van der Waals surface area (Å²) >= 11 is 5.63. The number of Topliss-reactive ketones (excluding diaryl/α,β-unsaturated/α-hetero) is 1. The summed E-state index contributed by atoms with van der Waals surface area (Å²) in [6, 6.07) is 2.03. The van der Waals surface area contributed by atoms with Crippen molar-refractivity contribution >= 4 is 23.7 Å². The van der Waals surface area contributed by atoms with Crippen LogP contribution in [0.5, 0.6) is 0 Å². The summed E-state index contributed by atoms with van der Waals surface area (Å²) < 4.78 is 24.8. The number of carbonyl (C=O) groups excluding carboxylic acids is 2. The molecule has 0 aliphatic rings. The van der Waals surface area contributed by atoms with Gasteiger partial charge in [0.2, 0.25) is 0 Å². The van der Waals surface area contributed by atoms with Crippen LogP contribution < -0.4 is 0 Å². The lowest BCUT2D eigenvalue weighted by Crippen LogP contribution is -2.00. The number of ketones is 1. The van der Waals surface area contributed by atoms with Crippen LogP contribution in [0.25, 0.3) is 0 Å². The van der Waals surface area contributed by atoms with Crippen LogP contribution in [-0.4, -0.2) is 12.1 Å². The first-order valence-corrected chi connectivity index (χ1v) is 4.43. The molecule has 0 unspecified atom stereocenters. The fraction of sp³-hybridized carbons (Fsp3) is 0.200. The molecule has 0 fully saturated rings. The molecule has 5 heteroatoms. The lowest BCUT2D eigenvalue weighted by atomic mass is 10.0. The molecule has 0 atom stereocenters. The standard InChI is InChI=1S/C10H7ClF2O2/c1-5(15)7-2-6(4-14)8(10(12)13)3-9(7)11/h2-4,10H,1H3. The van der Waals surface area contributed by atoms with E-state index < -0.39 is 12.0 Å². The van der Waals surface area contributed by atoms with Crippen molar-refractivity contribution < 1.29 is 18.4 Å². The number of hydrogen-bond acceptors (Lipinski definition) is 2. The zero-order valence-electron chi connectivity index (χ0n) is 7.76. The zero-order chi connectivity index (χ0) is 11.6. The molecule has 0 N–H and O–H groups in total. The maximum Gasteiger partial charge on any atom is 0.264 e. The first-order chi connectivity index (χ1) is 6.97. The van der Waals surface area contributed by atoms with E-state index in [4.69, 9.17) is 11.6 Å². The first kappa shape index (κ1) is 11.8. The van der Waals surface area contributed by atoms with Gasteiger partial charge in [0.1, 0.15) is 0 Å². The van der Waals surface area contributed by atoms with Crippen LogP contribution in [-0.2, 0) is 0 Å². The van der Waals surface area contributed by atoms with E-state index in [1.165, 1.54) is 6.92 Å². The molecule has 1 aromatic carbocycles. The minimum atomic E-state index is -2.79. The number of alkyl halides is 2. The lowest BCUT2D eigenvalue weighted by Gasteiger charge is -2.07. The van der Waals surface area contributed by atoms with Crippen LogP contribution in [0, 0.1) is 0 Å². The average molecular weight is 233 g/mol. The fourth-order valence-electron chi connectivity index (χ4n) is 1.17. The number of carbonyl (C=O) groups is 2. The summed E-state index contributed by atoms with van der Waals surface area (Å²) in [5.41, 5.74) is -0.595. The second-order valence-corrected chi connectivity index (χ2v) is 3.34. The predicted octanol–water partition coefficient (Wildman–Crippen LogP) is 3.29. The number of aldehydes is 1. The normalized spacial score (nSPS) is 10.5. The summed E-state index contributed by atoms with van der Waals surface area (Å²) in [4.78, 5) is 21.6. The van der Waals surface area contributed by atoms with E-state index in [0.717, 1.165) is 12.1 Å². The van der Waals surface area contributed by atoms with Gasteiger partial charge in [0, 0.05) is 16.7 Å². The van der Waals surface area contributed by atoms with E-state index in [9.17, 15) is 18.4 Å². The minimum absolute atomic E-state index is 0.0663. The Morgan fingerprint density at radius 1 is 1.47 bits per heavy atom. The van der Waals surface area contributed by atoms with E-state index in [0.29, 0.717) is 0 Å². The molecule has 1 aromatic rings. The molecular formula is C10H7ClF2O2. The third-order valence-electron chi connectivity index (χ3n) is 1.91. The topological polar surface area (TPSA) is 34.1 Å². The summed E-state index contributed by atoms with van der Waals surface area (Å²) in [6.45, 7) is 1.25. The van der Waals surface area contributed by atoms with E-state index in [2.05, 4.69) is 0 Å². The van der Waals surface area contributed by atoms with Crippen molar-refractivity contribution in [2.75, 3.05) is 0 Å². The third kappa shape index (κ3) is 2.39. The Hall–Kier alpha value is -1.29. The number of hydrogen-bond donors (Lipinski definition) is 0. The largest absolute Gasteiger partial charge is 0.298 e. The molecule has 0 heterocycles. The maximum atomic E-state index is 12.4. The molecule has 15 heavy (non-hydrogen) atoms. The van der Waals surface area contributed by atoms with Gasteiger partial charge in [-0.25, -0.2) is 8.78 Å². The van der Waals surface area contributed by atoms with Crippen LogP contribution in [0.2, 0.25) is 5.02 Å². The minimum Gasteiger partial charge on any atom is -0.298 e. The highest BCUT2D eigenvalue weighted by atomic mass is 35.5. The quantitative estimate of drug-likeness (QED) is 0.592. The molecule has 0 spiro atoms. The maximum absolute atomic E-state index is 12.4. The highest BCUT2D eigenvalue weighted by Gasteiger charge is 2.17. The van der Waals surface area contributed by atoms with Crippen molar-refractivity contribution in [3.63, 3.8) is 0 Å². The van der Waals surface area contributed by atoms with Crippen LogP contribution in [0.4, 0.5) is 8.78 Å². The van der Waals surface area contributed by atoms with Crippen LogP contribution in [0.3, 0.4) is 0 Å². The highest BCUT2D eigenvalue weighted by molar-refractivity contribution is 6.34. The Morgan fingerprint density at radius 3 is 2.47 bits per heavy atom. The molecule has 0 radical (unpaired) electrons. The van der Waals surface area contributed by atoms with Gasteiger partial charge in [-0.05, 0) is 19.1 Å². The molecule has 0 amide bonds. The molecule has 0 aromatic heterocycles. The van der Waals surface area contributed by atoms with Gasteiger partial charge < -0.3 is 0 Å². The summed E-state index contributed by atoms with van der Waals surface area (Å²) in [5.74, 6) is -0.371. The molecular weight excluding hydrogens is 226 g/mol. The van der Waals surface area contributed by atoms with Gasteiger partial charge in [0.25, 0.3) is 6.43 Å². The van der Waals surface area contributed by atoms with Crippen LogP contribution in [0.1, 0.15) is 39.6 Å². The first-order valence-electron chi connectivity index (χ1n) is 4.05. The van der Waals surface area contributed by atoms with E-state index in [1.807, 2.05) is 0 Å². The third-order valence-corrected chi connectivity index (χ3v) is 2.23. The van der Waals surface area contributed by atoms with Crippen molar-refractivity contribution in [3.05, 3.63) is 33.8 Å². The molecule has 0 aliphatic carbocycles. The molecule has 1 rings (SSSR count). The molecule has 0 bridgehead atoms. The SMILES string of the molecule is CC(=O)c1cc(C=O)c(C(F)F)cc1Cl. The fourth-order valence-corrected chi connectivity index (χ4v) is 1.47. The Kier molecular flexibility index (Phi) is 3.52. The number of benzene rings is 1.